The highest BCUT2D eigenvalue weighted by atomic mass is 19.4. The van der Waals surface area contributed by atoms with Crippen molar-refractivity contribution in [2.24, 2.45) is 10.7 Å². The zero-order valence-corrected chi connectivity index (χ0v) is 16.5. The van der Waals surface area contributed by atoms with Gasteiger partial charge < -0.3 is 10.5 Å². The van der Waals surface area contributed by atoms with Crippen molar-refractivity contribution in [3.63, 3.8) is 0 Å². The molecule has 2 aromatic carbocycles. The van der Waals surface area contributed by atoms with Gasteiger partial charge in [-0.25, -0.2) is 9.38 Å². The largest absolute Gasteiger partial charge is 0.487 e. The van der Waals surface area contributed by atoms with Gasteiger partial charge in [-0.1, -0.05) is 18.2 Å². The van der Waals surface area contributed by atoms with Crippen LogP contribution in [0.15, 0.2) is 41.4 Å². The Morgan fingerprint density at radius 1 is 1.20 bits per heavy atom. The molecule has 0 saturated carbocycles. The number of hydrogen-bond acceptors (Lipinski definition) is 4. The number of carbonyl (C=O) groups is 1. The summed E-state index contributed by atoms with van der Waals surface area (Å²) in [6.07, 6.45) is -4.66. The van der Waals surface area contributed by atoms with Crippen LogP contribution >= 0.6 is 0 Å². The number of fused-ring (bicyclic) bond motifs is 2. The molecule has 30 heavy (non-hydrogen) atoms. The second-order valence-corrected chi connectivity index (χ2v) is 8.11. The van der Waals surface area contributed by atoms with E-state index in [1.807, 2.05) is 0 Å². The molecular formula is C21H19F4N3O2. The van der Waals surface area contributed by atoms with Crippen LogP contribution < -0.4 is 10.5 Å². The van der Waals surface area contributed by atoms with Crippen molar-refractivity contribution in [3.05, 3.63) is 53.3 Å². The Labute approximate surface area is 170 Å². The maximum atomic E-state index is 14.7. The third-order valence-corrected chi connectivity index (χ3v) is 5.42. The van der Waals surface area contributed by atoms with Crippen molar-refractivity contribution >= 4 is 11.9 Å². The van der Waals surface area contributed by atoms with Gasteiger partial charge in [-0.15, -0.1) is 0 Å². The number of aliphatic imine (C=N–C) groups is 1. The van der Waals surface area contributed by atoms with E-state index in [-0.39, 0.29) is 29.4 Å². The standard InChI is InChI=1S/C21H19F4N3O2/c1-19(2)10-20(17(29)28(3)18(26)27-20)14-9-11(7-8-15(14)30-19)12-5-4-6-13(16(12)22)21(23,24)25/h4-9H,10H2,1-3H3,(H2,26,27). The molecule has 2 aliphatic rings. The van der Waals surface area contributed by atoms with E-state index in [1.54, 1.807) is 13.8 Å². The lowest BCUT2D eigenvalue weighted by Crippen LogP contribution is -2.49. The highest BCUT2D eigenvalue weighted by molar-refractivity contribution is 6.07. The predicted octanol–water partition coefficient (Wildman–Crippen LogP) is 4.05. The van der Waals surface area contributed by atoms with Gasteiger partial charge >= 0.3 is 6.18 Å². The van der Waals surface area contributed by atoms with Crippen molar-refractivity contribution in [3.8, 4) is 16.9 Å². The van der Waals surface area contributed by atoms with Crippen LogP contribution in [0.2, 0.25) is 0 Å². The predicted molar refractivity (Wildman–Crippen MR) is 102 cm³/mol. The SMILES string of the molecule is CN1C(=O)C2(CC(C)(C)Oc3ccc(-c4cccc(C(F)(F)F)c4F)cc32)N=C1N. The van der Waals surface area contributed by atoms with E-state index in [0.29, 0.717) is 17.4 Å². The van der Waals surface area contributed by atoms with Gasteiger partial charge in [0.25, 0.3) is 5.91 Å². The molecule has 2 aliphatic heterocycles. The van der Waals surface area contributed by atoms with E-state index in [2.05, 4.69) is 4.99 Å². The molecule has 9 heteroatoms. The van der Waals surface area contributed by atoms with E-state index in [4.69, 9.17) is 10.5 Å². The molecule has 0 bridgehead atoms. The summed E-state index contributed by atoms with van der Waals surface area (Å²) in [4.78, 5) is 18.7. The lowest BCUT2D eigenvalue weighted by atomic mass is 9.77. The number of nitrogens with two attached hydrogens (primary N) is 1. The van der Waals surface area contributed by atoms with Crippen LogP contribution in [-0.4, -0.2) is 29.4 Å². The number of carbonyl (C=O) groups excluding carboxylic acids is 1. The first kappa shape index (κ1) is 20.2. The van der Waals surface area contributed by atoms with Crippen LogP contribution in [-0.2, 0) is 16.5 Å². The third-order valence-electron chi connectivity index (χ3n) is 5.42. The topological polar surface area (TPSA) is 67.9 Å². The second-order valence-electron chi connectivity index (χ2n) is 8.11. The number of hydrogen-bond donors (Lipinski definition) is 1. The minimum absolute atomic E-state index is 0.0271. The van der Waals surface area contributed by atoms with Crippen molar-refractivity contribution in [1.82, 2.24) is 4.90 Å². The van der Waals surface area contributed by atoms with Crippen LogP contribution in [0.5, 0.6) is 5.75 Å². The van der Waals surface area contributed by atoms with Crippen LogP contribution in [0.25, 0.3) is 11.1 Å². The van der Waals surface area contributed by atoms with Crippen LogP contribution in [0.1, 0.15) is 31.4 Å². The number of ether oxygens (including phenoxy) is 1. The molecule has 0 radical (unpaired) electrons. The van der Waals surface area contributed by atoms with Crippen molar-refractivity contribution in [1.29, 1.82) is 0 Å². The molecule has 0 aliphatic carbocycles. The molecule has 1 amide bonds. The van der Waals surface area contributed by atoms with Gasteiger partial charge in [0.2, 0.25) is 0 Å². The molecule has 2 heterocycles. The summed E-state index contributed by atoms with van der Waals surface area (Å²) in [6, 6.07) is 7.52. The number of guanidine groups is 1. The summed E-state index contributed by atoms with van der Waals surface area (Å²) in [5.41, 5.74) is 2.68. The van der Waals surface area contributed by atoms with Crippen molar-refractivity contribution < 1.29 is 27.1 Å². The first-order valence-electron chi connectivity index (χ1n) is 9.19. The van der Waals surface area contributed by atoms with Gasteiger partial charge in [-0.05, 0) is 37.6 Å². The van der Waals surface area contributed by atoms with E-state index < -0.39 is 28.7 Å². The molecule has 0 fully saturated rings. The number of halogens is 4. The summed E-state index contributed by atoms with van der Waals surface area (Å²) in [5, 5.41) is 0. The monoisotopic (exact) mass is 421 g/mol. The summed E-state index contributed by atoms with van der Waals surface area (Å²) < 4.78 is 60.1. The Bertz CT molecular complexity index is 1090. The van der Waals surface area contributed by atoms with Gasteiger partial charge in [0, 0.05) is 24.6 Å². The van der Waals surface area contributed by atoms with Crippen molar-refractivity contribution in [2.45, 2.75) is 37.6 Å². The molecule has 1 spiro atoms. The zero-order valence-electron chi connectivity index (χ0n) is 16.5. The quantitative estimate of drug-likeness (QED) is 0.707. The Kier molecular flexibility index (Phi) is 4.17. The van der Waals surface area contributed by atoms with E-state index >= 15 is 0 Å². The van der Waals surface area contributed by atoms with Crippen LogP contribution in [0, 0.1) is 5.82 Å². The average Bonchev–Trinajstić information content (AvgIpc) is 2.84. The maximum absolute atomic E-state index is 14.7. The number of amides is 1. The summed E-state index contributed by atoms with van der Waals surface area (Å²) in [6.45, 7) is 3.60. The Balaban J connectivity index is 1.93. The lowest BCUT2D eigenvalue weighted by molar-refractivity contribution is -0.140. The zero-order chi connectivity index (χ0) is 22.1. The molecule has 1 unspecified atom stereocenters. The minimum atomic E-state index is -4.83. The molecule has 0 saturated heterocycles. The number of likely N-dealkylation sites (N-methyl/N-ethyl adjacent to an activating group) is 1. The fraction of sp³-hybridized carbons (Fsp3) is 0.333. The molecule has 158 valence electrons. The number of alkyl halides is 3. The normalized spacial score (nSPS) is 22.7. The van der Waals surface area contributed by atoms with Gasteiger partial charge in [-0.2, -0.15) is 13.2 Å². The summed E-state index contributed by atoms with van der Waals surface area (Å²) in [5.74, 6) is -1.38. The average molecular weight is 421 g/mol. The van der Waals surface area contributed by atoms with Gasteiger partial charge in [0.05, 0.1) is 5.56 Å². The second kappa shape index (κ2) is 6.20. The molecule has 2 N–H and O–H groups in total. The molecule has 2 aromatic rings. The summed E-state index contributed by atoms with van der Waals surface area (Å²) in [7, 11) is 1.49. The number of nitrogens with zero attached hydrogens (tertiary/aromatic N) is 2. The van der Waals surface area contributed by atoms with E-state index in [9.17, 15) is 22.4 Å². The fourth-order valence-corrected chi connectivity index (χ4v) is 4.12. The number of benzene rings is 2. The molecule has 1 atom stereocenters. The van der Waals surface area contributed by atoms with Crippen LogP contribution in [0.3, 0.4) is 0 Å². The van der Waals surface area contributed by atoms with E-state index in [0.717, 1.165) is 6.07 Å². The first-order chi connectivity index (χ1) is 13.9. The summed E-state index contributed by atoms with van der Waals surface area (Å²) >= 11 is 0. The first-order valence-corrected chi connectivity index (χ1v) is 9.19. The minimum Gasteiger partial charge on any atom is -0.487 e. The van der Waals surface area contributed by atoms with E-state index in [1.165, 1.54) is 36.2 Å². The lowest BCUT2D eigenvalue weighted by Gasteiger charge is -2.41. The smallest absolute Gasteiger partial charge is 0.419 e. The van der Waals surface area contributed by atoms with Gasteiger partial charge in [0.1, 0.15) is 17.2 Å². The van der Waals surface area contributed by atoms with Gasteiger partial charge in [-0.3, -0.25) is 9.69 Å². The maximum Gasteiger partial charge on any atom is 0.419 e. The molecule has 0 aromatic heterocycles. The number of rotatable bonds is 1. The fourth-order valence-electron chi connectivity index (χ4n) is 4.12. The van der Waals surface area contributed by atoms with Gasteiger partial charge in [0.15, 0.2) is 11.5 Å². The molecule has 5 nitrogen and oxygen atoms in total. The Morgan fingerprint density at radius 3 is 2.50 bits per heavy atom. The third kappa shape index (κ3) is 2.91. The highest BCUT2D eigenvalue weighted by Crippen LogP contribution is 2.50. The Morgan fingerprint density at radius 2 is 1.90 bits per heavy atom. The van der Waals surface area contributed by atoms with Crippen molar-refractivity contribution in [2.75, 3.05) is 7.05 Å². The molecule has 4 rings (SSSR count). The molecular weight excluding hydrogens is 402 g/mol. The highest BCUT2D eigenvalue weighted by Gasteiger charge is 2.55. The Hall–Kier alpha value is -3.10. The van der Waals surface area contributed by atoms with Crippen LogP contribution in [0.4, 0.5) is 17.6 Å².